The lowest BCUT2D eigenvalue weighted by atomic mass is 10.0. The molecular weight excluding hydrogens is 255 g/mol. The minimum atomic E-state index is -0.350. The molecule has 1 N–H and O–H groups in total. The largest absolute Gasteiger partial charge is 0.382 e. The predicted molar refractivity (Wildman–Crippen MR) is 77.3 cm³/mol. The third-order valence-electron chi connectivity index (χ3n) is 4.61. The van der Waals surface area contributed by atoms with Crippen LogP contribution in [0.4, 0.5) is 10.1 Å². The third kappa shape index (κ3) is 2.28. The lowest BCUT2D eigenvalue weighted by Crippen LogP contribution is -2.30. The van der Waals surface area contributed by atoms with Crippen LogP contribution in [-0.2, 0) is 0 Å². The van der Waals surface area contributed by atoms with E-state index in [1.165, 1.54) is 25.3 Å². The van der Waals surface area contributed by atoms with Crippen molar-refractivity contribution in [3.05, 3.63) is 29.6 Å². The Kier molecular flexibility index (Phi) is 3.64. The van der Waals surface area contributed by atoms with E-state index in [0.29, 0.717) is 29.6 Å². The van der Waals surface area contributed by atoms with Crippen molar-refractivity contribution < 1.29 is 9.18 Å². The van der Waals surface area contributed by atoms with Crippen molar-refractivity contribution >= 4 is 11.6 Å². The first kappa shape index (κ1) is 13.4. The zero-order valence-corrected chi connectivity index (χ0v) is 11.9. The van der Waals surface area contributed by atoms with Crippen LogP contribution in [0.15, 0.2) is 18.2 Å². The van der Waals surface area contributed by atoms with Crippen molar-refractivity contribution in [1.82, 2.24) is 4.90 Å². The molecule has 0 aromatic heterocycles. The maximum Gasteiger partial charge on any atom is 0.256 e. The van der Waals surface area contributed by atoms with E-state index in [-0.39, 0.29) is 11.7 Å². The summed E-state index contributed by atoms with van der Waals surface area (Å²) in [5, 5.41) is 2.98. The van der Waals surface area contributed by atoms with Crippen LogP contribution in [-0.4, -0.2) is 30.4 Å². The van der Waals surface area contributed by atoms with E-state index >= 15 is 0 Å². The van der Waals surface area contributed by atoms with Gasteiger partial charge in [0.25, 0.3) is 5.91 Å². The number of carbonyl (C=O) groups excluding carboxylic acids is 1. The minimum absolute atomic E-state index is 0.0325. The van der Waals surface area contributed by atoms with E-state index in [9.17, 15) is 9.18 Å². The summed E-state index contributed by atoms with van der Waals surface area (Å²) in [6, 6.07) is 4.73. The normalized spacial score (nSPS) is 24.8. The number of hydrogen-bond donors (Lipinski definition) is 1. The van der Waals surface area contributed by atoms with Gasteiger partial charge < -0.3 is 10.2 Å². The van der Waals surface area contributed by atoms with Crippen LogP contribution in [0.2, 0.25) is 0 Å². The fourth-order valence-corrected chi connectivity index (χ4v) is 3.63. The van der Waals surface area contributed by atoms with Crippen LogP contribution in [0.5, 0.6) is 0 Å². The van der Waals surface area contributed by atoms with Crippen LogP contribution in [0.25, 0.3) is 0 Å². The number of para-hydroxylation sites is 1. The van der Waals surface area contributed by atoms with E-state index in [2.05, 4.69) is 5.32 Å². The summed E-state index contributed by atoms with van der Waals surface area (Å²) in [7, 11) is 0. The second-order valence-electron chi connectivity index (χ2n) is 5.85. The fraction of sp³-hybridized carbons (Fsp3) is 0.562. The summed E-state index contributed by atoms with van der Waals surface area (Å²) >= 11 is 0. The zero-order chi connectivity index (χ0) is 14.1. The Morgan fingerprint density at radius 3 is 2.70 bits per heavy atom. The van der Waals surface area contributed by atoms with Gasteiger partial charge in [-0.25, -0.2) is 4.39 Å². The number of nitrogens with zero attached hydrogens (tertiary/aromatic N) is 1. The Bertz CT molecular complexity index is 505. The van der Waals surface area contributed by atoms with Gasteiger partial charge in [-0.2, -0.15) is 0 Å². The molecule has 1 aliphatic heterocycles. The van der Waals surface area contributed by atoms with E-state index < -0.39 is 0 Å². The number of amides is 1. The van der Waals surface area contributed by atoms with E-state index in [0.717, 1.165) is 13.1 Å². The number of hydrogen-bond acceptors (Lipinski definition) is 2. The quantitative estimate of drug-likeness (QED) is 0.920. The molecule has 20 heavy (non-hydrogen) atoms. The van der Waals surface area contributed by atoms with Crippen molar-refractivity contribution in [2.75, 3.05) is 25.0 Å². The van der Waals surface area contributed by atoms with Gasteiger partial charge in [0, 0.05) is 19.6 Å². The maximum absolute atomic E-state index is 13.9. The van der Waals surface area contributed by atoms with E-state index in [1.807, 2.05) is 11.8 Å². The number of anilines is 1. The number of fused-ring (bicyclic) bond motifs is 1. The molecule has 1 saturated heterocycles. The molecule has 2 unspecified atom stereocenters. The van der Waals surface area contributed by atoms with Gasteiger partial charge in [-0.1, -0.05) is 12.5 Å². The van der Waals surface area contributed by atoms with Gasteiger partial charge in [0.2, 0.25) is 0 Å². The monoisotopic (exact) mass is 276 g/mol. The number of benzene rings is 1. The van der Waals surface area contributed by atoms with Gasteiger partial charge >= 0.3 is 0 Å². The summed E-state index contributed by atoms with van der Waals surface area (Å²) < 4.78 is 13.9. The SMILES string of the molecule is CCNc1c(F)cccc1C(=O)N1CC2CCCC2C1. The van der Waals surface area contributed by atoms with Crippen molar-refractivity contribution in [3.8, 4) is 0 Å². The average Bonchev–Trinajstić information content (AvgIpc) is 3.01. The first-order valence-electron chi connectivity index (χ1n) is 7.52. The topological polar surface area (TPSA) is 32.3 Å². The van der Waals surface area contributed by atoms with E-state index in [4.69, 9.17) is 0 Å². The van der Waals surface area contributed by atoms with Gasteiger partial charge in [-0.15, -0.1) is 0 Å². The molecule has 0 bridgehead atoms. The molecule has 4 heteroatoms. The molecule has 1 saturated carbocycles. The van der Waals surface area contributed by atoms with Crippen molar-refractivity contribution in [2.45, 2.75) is 26.2 Å². The number of halogens is 1. The Balaban J connectivity index is 1.82. The number of nitrogens with one attached hydrogen (secondary N) is 1. The number of likely N-dealkylation sites (tertiary alicyclic amines) is 1. The molecule has 2 fully saturated rings. The average molecular weight is 276 g/mol. The van der Waals surface area contributed by atoms with Gasteiger partial charge in [0.15, 0.2) is 0 Å². The molecule has 2 atom stereocenters. The molecule has 0 spiro atoms. The molecular formula is C16H21FN2O. The Morgan fingerprint density at radius 1 is 1.35 bits per heavy atom. The molecule has 2 aliphatic rings. The number of rotatable bonds is 3. The molecule has 108 valence electrons. The summed E-state index contributed by atoms with van der Waals surface area (Å²) in [6.45, 7) is 4.19. The Labute approximate surface area is 119 Å². The molecule has 1 aromatic carbocycles. The van der Waals surface area contributed by atoms with Gasteiger partial charge in [-0.05, 0) is 43.7 Å². The van der Waals surface area contributed by atoms with Crippen molar-refractivity contribution in [2.24, 2.45) is 11.8 Å². The van der Waals surface area contributed by atoms with Gasteiger partial charge in [0.1, 0.15) is 5.82 Å². The summed E-state index contributed by atoms with van der Waals surface area (Å²) in [4.78, 5) is 14.6. The fourth-order valence-electron chi connectivity index (χ4n) is 3.63. The summed E-state index contributed by atoms with van der Waals surface area (Å²) in [5.74, 6) is 0.942. The van der Waals surface area contributed by atoms with Crippen LogP contribution < -0.4 is 5.32 Å². The first-order chi connectivity index (χ1) is 9.70. The molecule has 1 amide bonds. The first-order valence-corrected chi connectivity index (χ1v) is 7.52. The standard InChI is InChI=1S/C16H21FN2O/c1-2-18-15-13(7-4-8-14(15)17)16(20)19-9-11-5-3-6-12(11)10-19/h4,7-8,11-12,18H,2-3,5-6,9-10H2,1H3. The molecule has 0 radical (unpaired) electrons. The third-order valence-corrected chi connectivity index (χ3v) is 4.61. The predicted octanol–water partition coefficient (Wildman–Crippen LogP) is 3.13. The highest BCUT2D eigenvalue weighted by atomic mass is 19.1. The summed E-state index contributed by atoms with van der Waals surface area (Å²) in [5.41, 5.74) is 0.809. The second kappa shape index (κ2) is 5.43. The maximum atomic E-state index is 13.9. The smallest absolute Gasteiger partial charge is 0.256 e. The van der Waals surface area contributed by atoms with Crippen molar-refractivity contribution in [3.63, 3.8) is 0 Å². The highest BCUT2D eigenvalue weighted by molar-refractivity contribution is 5.99. The molecule has 1 heterocycles. The molecule has 1 aliphatic carbocycles. The molecule has 1 aromatic rings. The van der Waals surface area contributed by atoms with E-state index in [1.54, 1.807) is 12.1 Å². The summed E-state index contributed by atoms with van der Waals surface area (Å²) in [6.07, 6.45) is 3.76. The highest BCUT2D eigenvalue weighted by Crippen LogP contribution is 2.38. The minimum Gasteiger partial charge on any atom is -0.382 e. The van der Waals surface area contributed by atoms with Crippen molar-refractivity contribution in [1.29, 1.82) is 0 Å². The lowest BCUT2D eigenvalue weighted by molar-refractivity contribution is 0.0781. The second-order valence-corrected chi connectivity index (χ2v) is 5.85. The van der Waals surface area contributed by atoms with Gasteiger partial charge in [-0.3, -0.25) is 4.79 Å². The van der Waals surface area contributed by atoms with Gasteiger partial charge in [0.05, 0.1) is 11.3 Å². The highest BCUT2D eigenvalue weighted by Gasteiger charge is 2.38. The lowest BCUT2D eigenvalue weighted by Gasteiger charge is -2.20. The van der Waals surface area contributed by atoms with Crippen LogP contribution in [0, 0.1) is 17.7 Å². The Hall–Kier alpha value is -1.58. The Morgan fingerprint density at radius 2 is 2.05 bits per heavy atom. The molecule has 3 nitrogen and oxygen atoms in total. The zero-order valence-electron chi connectivity index (χ0n) is 11.9. The van der Waals surface area contributed by atoms with Crippen LogP contribution in [0.1, 0.15) is 36.5 Å². The number of carbonyl (C=O) groups is 1. The van der Waals surface area contributed by atoms with Crippen LogP contribution in [0.3, 0.4) is 0 Å². The molecule has 3 rings (SSSR count). The van der Waals surface area contributed by atoms with Crippen LogP contribution >= 0.6 is 0 Å².